The number of thiazole rings is 1. The number of hydrogen-bond acceptors (Lipinski definition) is 4. The summed E-state index contributed by atoms with van der Waals surface area (Å²) >= 11 is 1.48. The van der Waals surface area contributed by atoms with E-state index in [0.717, 1.165) is 36.8 Å². The molecule has 1 aliphatic carbocycles. The molecule has 4 rings (SSSR count). The Morgan fingerprint density at radius 2 is 2.00 bits per heavy atom. The Kier molecular flexibility index (Phi) is 4.57. The van der Waals surface area contributed by atoms with Crippen molar-refractivity contribution in [3.63, 3.8) is 0 Å². The minimum atomic E-state index is 0.156. The van der Waals surface area contributed by atoms with Crippen molar-refractivity contribution in [2.45, 2.75) is 63.8 Å². The van der Waals surface area contributed by atoms with Crippen LogP contribution in [0.5, 0.6) is 0 Å². The molecule has 3 heterocycles. The number of amides is 2. The number of carbonyl (C=O) groups is 2. The van der Waals surface area contributed by atoms with Crippen LogP contribution in [-0.4, -0.2) is 40.8 Å². The van der Waals surface area contributed by atoms with Gasteiger partial charge in [0, 0.05) is 30.9 Å². The molecule has 2 saturated heterocycles. The molecule has 0 unspecified atom stereocenters. The van der Waals surface area contributed by atoms with Crippen LogP contribution in [0.1, 0.15) is 57.1 Å². The lowest BCUT2D eigenvalue weighted by Gasteiger charge is -2.29. The Morgan fingerprint density at radius 1 is 1.17 bits per heavy atom. The van der Waals surface area contributed by atoms with Gasteiger partial charge >= 0.3 is 0 Å². The molecule has 6 heteroatoms. The third-order valence-electron chi connectivity index (χ3n) is 5.74. The summed E-state index contributed by atoms with van der Waals surface area (Å²) in [6.07, 6.45) is 9.41. The van der Waals surface area contributed by atoms with Crippen LogP contribution < -0.4 is 4.90 Å². The van der Waals surface area contributed by atoms with Crippen LogP contribution >= 0.6 is 11.3 Å². The van der Waals surface area contributed by atoms with Gasteiger partial charge in [-0.25, -0.2) is 4.98 Å². The number of carbonyl (C=O) groups excluding carboxylic acids is 2. The molecule has 3 aliphatic rings. The molecule has 0 radical (unpaired) electrons. The minimum absolute atomic E-state index is 0.156. The lowest BCUT2D eigenvalue weighted by molar-refractivity contribution is -0.132. The van der Waals surface area contributed by atoms with E-state index in [1.807, 2.05) is 5.38 Å². The molecular formula is C18H25N3O2S. The topological polar surface area (TPSA) is 53.5 Å². The van der Waals surface area contributed by atoms with Gasteiger partial charge in [0.1, 0.15) is 0 Å². The Hall–Kier alpha value is -1.43. The van der Waals surface area contributed by atoms with Crippen LogP contribution in [0.3, 0.4) is 0 Å². The number of rotatable bonds is 4. The van der Waals surface area contributed by atoms with E-state index >= 15 is 0 Å². The predicted octanol–water partition coefficient (Wildman–Crippen LogP) is 2.99. The Labute approximate surface area is 147 Å². The zero-order chi connectivity index (χ0) is 16.5. The first-order valence-corrected chi connectivity index (χ1v) is 10.1. The van der Waals surface area contributed by atoms with Gasteiger partial charge in [0.25, 0.3) is 0 Å². The number of hydrogen-bond donors (Lipinski definition) is 0. The SMILES string of the molecule is O=C1CCCN1c1nc(CC(=O)N2CCC[C@H]2C2CCCC2)cs1. The van der Waals surface area contributed by atoms with E-state index in [4.69, 9.17) is 0 Å². The van der Waals surface area contributed by atoms with Gasteiger partial charge in [-0.1, -0.05) is 12.8 Å². The minimum Gasteiger partial charge on any atom is -0.339 e. The average Bonchev–Trinajstić information content (AvgIpc) is 3.34. The summed E-state index contributed by atoms with van der Waals surface area (Å²) in [7, 11) is 0. The molecule has 0 aromatic carbocycles. The Morgan fingerprint density at radius 3 is 2.75 bits per heavy atom. The van der Waals surface area contributed by atoms with Gasteiger partial charge in [0.2, 0.25) is 11.8 Å². The van der Waals surface area contributed by atoms with Crippen LogP contribution in [-0.2, 0) is 16.0 Å². The van der Waals surface area contributed by atoms with Crippen LogP contribution in [0.2, 0.25) is 0 Å². The van der Waals surface area contributed by atoms with Crippen LogP contribution in [0.4, 0.5) is 5.13 Å². The third-order valence-corrected chi connectivity index (χ3v) is 6.65. The summed E-state index contributed by atoms with van der Waals surface area (Å²) in [4.78, 5) is 33.0. The lowest BCUT2D eigenvalue weighted by Crippen LogP contribution is -2.40. The summed E-state index contributed by atoms with van der Waals surface area (Å²) in [5.41, 5.74) is 0.816. The van der Waals surface area contributed by atoms with E-state index in [-0.39, 0.29) is 11.8 Å². The van der Waals surface area contributed by atoms with Gasteiger partial charge in [-0.3, -0.25) is 14.5 Å². The molecule has 2 amide bonds. The maximum Gasteiger partial charge on any atom is 0.228 e. The van der Waals surface area contributed by atoms with Gasteiger partial charge < -0.3 is 4.90 Å². The van der Waals surface area contributed by atoms with E-state index in [2.05, 4.69) is 9.88 Å². The highest BCUT2D eigenvalue weighted by Crippen LogP contribution is 2.35. The maximum absolute atomic E-state index is 12.8. The molecule has 0 N–H and O–H groups in total. The van der Waals surface area contributed by atoms with Gasteiger partial charge in [0.15, 0.2) is 5.13 Å². The summed E-state index contributed by atoms with van der Waals surface area (Å²) in [5, 5.41) is 2.70. The second kappa shape index (κ2) is 6.82. The second-order valence-electron chi connectivity index (χ2n) is 7.29. The number of aromatic nitrogens is 1. The van der Waals surface area contributed by atoms with E-state index in [1.54, 1.807) is 4.90 Å². The lowest BCUT2D eigenvalue weighted by atomic mass is 9.96. The van der Waals surface area contributed by atoms with Gasteiger partial charge in [-0.15, -0.1) is 11.3 Å². The maximum atomic E-state index is 12.8. The Balaban J connectivity index is 1.40. The van der Waals surface area contributed by atoms with Gasteiger partial charge in [-0.2, -0.15) is 0 Å². The van der Waals surface area contributed by atoms with Crippen LogP contribution in [0.15, 0.2) is 5.38 Å². The van der Waals surface area contributed by atoms with Crippen molar-refractivity contribution in [3.05, 3.63) is 11.1 Å². The van der Waals surface area contributed by atoms with E-state index in [1.165, 1.54) is 43.4 Å². The predicted molar refractivity (Wildman–Crippen MR) is 94.1 cm³/mol. The molecule has 5 nitrogen and oxygen atoms in total. The second-order valence-corrected chi connectivity index (χ2v) is 8.12. The molecule has 1 saturated carbocycles. The largest absolute Gasteiger partial charge is 0.339 e. The van der Waals surface area contributed by atoms with Crippen LogP contribution in [0, 0.1) is 5.92 Å². The van der Waals surface area contributed by atoms with Crippen molar-refractivity contribution in [3.8, 4) is 0 Å². The zero-order valence-corrected chi connectivity index (χ0v) is 14.9. The first-order valence-electron chi connectivity index (χ1n) is 9.26. The molecule has 2 aliphatic heterocycles. The molecule has 0 bridgehead atoms. The molecule has 24 heavy (non-hydrogen) atoms. The normalized spacial score (nSPS) is 25.2. The number of anilines is 1. The first kappa shape index (κ1) is 16.1. The zero-order valence-electron chi connectivity index (χ0n) is 14.1. The smallest absolute Gasteiger partial charge is 0.228 e. The Bertz CT molecular complexity index is 624. The number of nitrogens with zero attached hydrogens (tertiary/aromatic N) is 3. The van der Waals surface area contributed by atoms with Crippen molar-refractivity contribution < 1.29 is 9.59 Å². The average molecular weight is 347 g/mol. The highest BCUT2D eigenvalue weighted by Gasteiger charge is 2.36. The summed E-state index contributed by atoms with van der Waals surface area (Å²) < 4.78 is 0. The molecule has 1 aromatic rings. The quantitative estimate of drug-likeness (QED) is 0.841. The first-order chi connectivity index (χ1) is 11.7. The third kappa shape index (κ3) is 3.08. The van der Waals surface area contributed by atoms with E-state index in [9.17, 15) is 9.59 Å². The van der Waals surface area contributed by atoms with Crippen molar-refractivity contribution in [2.75, 3.05) is 18.0 Å². The summed E-state index contributed by atoms with van der Waals surface area (Å²) in [5.74, 6) is 1.08. The standard InChI is InChI=1S/C18H25N3O2S/c22-16-8-4-10-21(16)18-19-14(12-24-18)11-17(23)20-9-3-7-15(20)13-5-1-2-6-13/h12-13,15H,1-11H2/t15-/m0/s1. The molecule has 1 atom stereocenters. The monoisotopic (exact) mass is 347 g/mol. The van der Waals surface area contributed by atoms with E-state index in [0.29, 0.717) is 24.8 Å². The van der Waals surface area contributed by atoms with E-state index < -0.39 is 0 Å². The summed E-state index contributed by atoms with van der Waals surface area (Å²) in [6.45, 7) is 1.66. The van der Waals surface area contributed by atoms with Gasteiger partial charge in [-0.05, 0) is 38.0 Å². The van der Waals surface area contributed by atoms with Crippen molar-refractivity contribution in [2.24, 2.45) is 5.92 Å². The molecular weight excluding hydrogens is 322 g/mol. The molecule has 1 aromatic heterocycles. The molecule has 3 fully saturated rings. The van der Waals surface area contributed by atoms with Crippen molar-refractivity contribution in [1.29, 1.82) is 0 Å². The fourth-order valence-electron chi connectivity index (χ4n) is 4.54. The van der Waals surface area contributed by atoms with Crippen molar-refractivity contribution in [1.82, 2.24) is 9.88 Å². The van der Waals surface area contributed by atoms with Gasteiger partial charge in [0.05, 0.1) is 12.1 Å². The fourth-order valence-corrected chi connectivity index (χ4v) is 5.41. The molecule has 0 spiro atoms. The highest BCUT2D eigenvalue weighted by atomic mass is 32.1. The number of likely N-dealkylation sites (tertiary alicyclic amines) is 1. The molecule has 130 valence electrons. The van der Waals surface area contributed by atoms with Crippen molar-refractivity contribution >= 4 is 28.3 Å². The highest BCUT2D eigenvalue weighted by molar-refractivity contribution is 7.14. The van der Waals surface area contributed by atoms with Crippen LogP contribution in [0.25, 0.3) is 0 Å². The fraction of sp³-hybridized carbons (Fsp3) is 0.722. The summed E-state index contributed by atoms with van der Waals surface area (Å²) in [6, 6.07) is 0.457.